The molecule has 2 aromatic heterocycles. The van der Waals surface area contributed by atoms with Gasteiger partial charge in [0.1, 0.15) is 11.8 Å². The number of nitrogens with zero attached hydrogens (tertiary/aromatic N) is 5. The van der Waals surface area contributed by atoms with Crippen LogP contribution in [0.25, 0.3) is 0 Å². The Morgan fingerprint density at radius 3 is 2.80 bits per heavy atom. The van der Waals surface area contributed by atoms with Gasteiger partial charge in [-0.1, -0.05) is 18.5 Å². The van der Waals surface area contributed by atoms with Crippen LogP contribution in [0.4, 0.5) is 0 Å². The van der Waals surface area contributed by atoms with E-state index in [-0.39, 0.29) is 12.0 Å². The van der Waals surface area contributed by atoms with Crippen molar-refractivity contribution in [3.8, 4) is 5.88 Å². The average Bonchev–Trinajstić information content (AvgIpc) is 2.77. The van der Waals surface area contributed by atoms with Crippen LogP contribution in [0.1, 0.15) is 36.3 Å². The molecule has 2 rings (SSSR count). The summed E-state index contributed by atoms with van der Waals surface area (Å²) in [6, 6.07) is 7.02. The van der Waals surface area contributed by atoms with Crippen molar-refractivity contribution >= 4 is 29.9 Å². The molecule has 2 heterocycles. The number of hydrogen-bond acceptors (Lipinski definition) is 6. The minimum atomic E-state index is -0.209. The quantitative estimate of drug-likeness (QED) is 0.535. The fraction of sp³-hybridized carbons (Fsp3) is 0.318. The third-order valence-electron chi connectivity index (χ3n) is 4.20. The fourth-order valence-electron chi connectivity index (χ4n) is 2.60. The predicted octanol–water partition coefficient (Wildman–Crippen LogP) is 4.08. The van der Waals surface area contributed by atoms with Crippen molar-refractivity contribution in [2.75, 3.05) is 20.1 Å². The Kier molecular flexibility index (Phi) is 9.67. The number of carbonyl (C=O) groups excluding carboxylic acids is 1. The van der Waals surface area contributed by atoms with Crippen LogP contribution < -0.4 is 4.74 Å². The molecule has 0 unspecified atom stereocenters. The molecule has 0 aliphatic carbocycles. The highest BCUT2D eigenvalue weighted by Gasteiger charge is 2.22. The molecule has 0 N–H and O–H groups in total. The maximum absolute atomic E-state index is 13.2. The number of amides is 1. The number of allylic oxidation sites excluding steroid dienone is 1. The number of likely N-dealkylation sites (N-methyl/N-ethyl adjacent to an activating group) is 1. The van der Waals surface area contributed by atoms with E-state index in [0.717, 1.165) is 0 Å². The van der Waals surface area contributed by atoms with Gasteiger partial charge in [-0.3, -0.25) is 19.8 Å². The fourth-order valence-corrected chi connectivity index (χ4v) is 2.71. The van der Waals surface area contributed by atoms with Crippen LogP contribution in [0.2, 0.25) is 5.02 Å². The Labute approximate surface area is 182 Å². The van der Waals surface area contributed by atoms with Gasteiger partial charge < -0.3 is 9.64 Å². The lowest BCUT2D eigenvalue weighted by molar-refractivity contribution is 0.0654. The third kappa shape index (κ3) is 7.08. The van der Waals surface area contributed by atoms with Crippen molar-refractivity contribution in [3.05, 3.63) is 65.2 Å². The smallest absolute Gasteiger partial charge is 0.273 e. The normalized spacial score (nSPS) is 12.7. The van der Waals surface area contributed by atoms with E-state index in [1.807, 2.05) is 19.9 Å². The van der Waals surface area contributed by atoms with Crippen LogP contribution >= 0.6 is 11.6 Å². The SMILES string of the molecule is CC[C@H](CN(CC)C(=O)c1ncccc1C=N/C=C\C=NC)Oc1ccc(Cl)cn1. The Balaban J connectivity index is 2.13. The molecule has 7 nitrogen and oxygen atoms in total. The van der Waals surface area contributed by atoms with E-state index in [1.165, 1.54) is 6.20 Å². The van der Waals surface area contributed by atoms with Gasteiger partial charge in [0.2, 0.25) is 5.88 Å². The summed E-state index contributed by atoms with van der Waals surface area (Å²) < 4.78 is 5.94. The molecule has 1 atom stereocenters. The Hall–Kier alpha value is -3.06. The van der Waals surface area contributed by atoms with Crippen molar-refractivity contribution in [1.29, 1.82) is 0 Å². The second-order valence-electron chi connectivity index (χ2n) is 6.27. The van der Waals surface area contributed by atoms with Crippen molar-refractivity contribution in [3.63, 3.8) is 0 Å². The summed E-state index contributed by atoms with van der Waals surface area (Å²) >= 11 is 5.88. The van der Waals surface area contributed by atoms with Crippen LogP contribution in [-0.2, 0) is 0 Å². The first-order chi connectivity index (χ1) is 14.6. The van der Waals surface area contributed by atoms with Crippen molar-refractivity contribution in [1.82, 2.24) is 14.9 Å². The Morgan fingerprint density at radius 1 is 1.30 bits per heavy atom. The van der Waals surface area contributed by atoms with Crippen LogP contribution in [0, 0.1) is 0 Å². The molecule has 0 radical (unpaired) electrons. The zero-order chi connectivity index (χ0) is 21.8. The van der Waals surface area contributed by atoms with Crippen molar-refractivity contribution < 1.29 is 9.53 Å². The zero-order valence-electron chi connectivity index (χ0n) is 17.4. The second-order valence-corrected chi connectivity index (χ2v) is 6.71. The largest absolute Gasteiger partial charge is 0.472 e. The van der Waals surface area contributed by atoms with E-state index < -0.39 is 0 Å². The van der Waals surface area contributed by atoms with Crippen molar-refractivity contribution in [2.24, 2.45) is 9.98 Å². The molecule has 0 aliphatic rings. The van der Waals surface area contributed by atoms with E-state index in [1.54, 1.807) is 61.0 Å². The molecular weight excluding hydrogens is 402 g/mol. The Morgan fingerprint density at radius 2 is 2.13 bits per heavy atom. The maximum atomic E-state index is 13.2. The van der Waals surface area contributed by atoms with Gasteiger partial charge in [-0.2, -0.15) is 0 Å². The summed E-state index contributed by atoms with van der Waals surface area (Å²) in [4.78, 5) is 31.4. The Bertz CT molecular complexity index is 897. The van der Waals surface area contributed by atoms with Crippen LogP contribution in [0.15, 0.2) is 58.9 Å². The minimum Gasteiger partial charge on any atom is -0.472 e. The van der Waals surface area contributed by atoms with Gasteiger partial charge in [-0.25, -0.2) is 4.98 Å². The lowest BCUT2D eigenvalue weighted by Gasteiger charge is -2.26. The number of ether oxygens (including phenoxy) is 1. The van der Waals surface area contributed by atoms with E-state index in [9.17, 15) is 4.79 Å². The standard InChI is InChI=1S/C22H26ClN5O2/c1-4-19(30-20-10-9-18(23)15-27-20)16-28(5-2)22(29)21-17(8-6-13-26-21)14-25-12-7-11-24-3/h6-15,19H,4-5,16H2,1-3H3/b12-7-,24-11?,25-14?/t19-/m1/s1. The molecule has 2 aromatic rings. The summed E-state index contributed by atoms with van der Waals surface area (Å²) in [5, 5.41) is 0.543. The summed E-state index contributed by atoms with van der Waals surface area (Å²) in [6.45, 7) is 4.86. The van der Waals surface area contributed by atoms with Gasteiger partial charge in [0.25, 0.3) is 5.91 Å². The third-order valence-corrected chi connectivity index (χ3v) is 4.42. The molecule has 0 fully saturated rings. The van der Waals surface area contributed by atoms with Gasteiger partial charge in [-0.15, -0.1) is 0 Å². The van der Waals surface area contributed by atoms with Gasteiger partial charge in [0.05, 0.1) is 11.6 Å². The number of aromatic nitrogens is 2. The van der Waals surface area contributed by atoms with Gasteiger partial charge >= 0.3 is 0 Å². The summed E-state index contributed by atoms with van der Waals surface area (Å²) in [7, 11) is 1.68. The molecule has 30 heavy (non-hydrogen) atoms. The highest BCUT2D eigenvalue weighted by atomic mass is 35.5. The number of pyridine rings is 2. The van der Waals surface area contributed by atoms with E-state index in [0.29, 0.717) is 41.7 Å². The number of aliphatic imine (C=N–C) groups is 2. The molecular formula is C22H26ClN5O2. The number of rotatable bonds is 10. The topological polar surface area (TPSA) is 80.0 Å². The summed E-state index contributed by atoms with van der Waals surface area (Å²) in [6.07, 6.45) is 10.2. The first-order valence-corrected chi connectivity index (χ1v) is 10.1. The molecule has 0 saturated carbocycles. The van der Waals surface area contributed by atoms with E-state index in [2.05, 4.69) is 20.0 Å². The van der Waals surface area contributed by atoms with Crippen molar-refractivity contribution in [2.45, 2.75) is 26.4 Å². The molecule has 0 bridgehead atoms. The van der Waals surface area contributed by atoms with E-state index in [4.69, 9.17) is 16.3 Å². The molecule has 158 valence electrons. The van der Waals surface area contributed by atoms with Gasteiger partial charge in [-0.05, 0) is 37.6 Å². The predicted molar refractivity (Wildman–Crippen MR) is 121 cm³/mol. The lowest BCUT2D eigenvalue weighted by Crippen LogP contribution is -2.40. The number of hydrogen-bond donors (Lipinski definition) is 0. The summed E-state index contributed by atoms with van der Waals surface area (Å²) in [5.74, 6) is 0.299. The molecule has 0 aliphatic heterocycles. The first kappa shape index (κ1) is 23.2. The maximum Gasteiger partial charge on any atom is 0.273 e. The van der Waals surface area contributed by atoms with E-state index >= 15 is 0 Å². The molecule has 0 saturated heterocycles. The summed E-state index contributed by atoms with van der Waals surface area (Å²) in [5.41, 5.74) is 0.993. The monoisotopic (exact) mass is 427 g/mol. The second kappa shape index (κ2) is 12.5. The molecule has 8 heteroatoms. The lowest BCUT2D eigenvalue weighted by atomic mass is 10.1. The average molecular weight is 428 g/mol. The van der Waals surface area contributed by atoms with Gasteiger partial charge in [0.15, 0.2) is 0 Å². The minimum absolute atomic E-state index is 0.176. The van der Waals surface area contributed by atoms with Crippen LogP contribution in [-0.4, -0.2) is 59.4 Å². The van der Waals surface area contributed by atoms with Gasteiger partial charge in [0, 0.05) is 56.2 Å². The molecule has 1 amide bonds. The zero-order valence-corrected chi connectivity index (χ0v) is 18.2. The first-order valence-electron chi connectivity index (χ1n) is 9.72. The number of carbonyl (C=O) groups is 1. The molecule has 0 aromatic carbocycles. The van der Waals surface area contributed by atoms with Crippen LogP contribution in [0.3, 0.4) is 0 Å². The molecule has 0 spiro atoms. The number of halogens is 1. The highest BCUT2D eigenvalue weighted by Crippen LogP contribution is 2.15. The highest BCUT2D eigenvalue weighted by molar-refractivity contribution is 6.30. The van der Waals surface area contributed by atoms with Crippen LogP contribution in [0.5, 0.6) is 5.88 Å².